The molecule has 1 aliphatic heterocycles. The molecule has 1 unspecified atom stereocenters. The van der Waals surface area contributed by atoms with Crippen molar-refractivity contribution in [2.24, 2.45) is 0 Å². The number of carbonyl (C=O) groups excluding carboxylic acids is 1. The predicted octanol–water partition coefficient (Wildman–Crippen LogP) is 5.22. The molecular weight excluding hydrogens is 449 g/mol. The van der Waals surface area contributed by atoms with Crippen molar-refractivity contribution in [3.8, 4) is 11.8 Å². The van der Waals surface area contributed by atoms with Crippen molar-refractivity contribution in [3.05, 3.63) is 81.6 Å². The number of nitrogens with zero attached hydrogens (tertiary/aromatic N) is 3. The largest absolute Gasteiger partial charge is 0.488 e. The second-order valence-corrected chi connectivity index (χ2v) is 8.68. The first kappa shape index (κ1) is 22.4. The number of carbonyl (C=O) groups is 1. The predicted molar refractivity (Wildman–Crippen MR) is 124 cm³/mol. The van der Waals surface area contributed by atoms with Gasteiger partial charge in [-0.2, -0.15) is 9.97 Å². The summed E-state index contributed by atoms with van der Waals surface area (Å²) in [6, 6.07) is 13.1. The van der Waals surface area contributed by atoms with Gasteiger partial charge in [0, 0.05) is 12.1 Å². The van der Waals surface area contributed by atoms with E-state index >= 15 is 0 Å². The minimum absolute atomic E-state index is 0.0358. The molecule has 1 aliphatic rings. The summed E-state index contributed by atoms with van der Waals surface area (Å²) >= 11 is 12.2. The Bertz CT molecular complexity index is 1110. The Hall–Kier alpha value is -2.83. The molecule has 6 nitrogen and oxygen atoms in total. The molecule has 2 aromatic carbocycles. The SMILES string of the molecule is CC(C)Oc1cnc(OCC2Cc3ccccc3CN2C(=O)c2ccc(Cl)c(Cl)c2)nc1. The van der Waals surface area contributed by atoms with Crippen molar-refractivity contribution < 1.29 is 14.3 Å². The van der Waals surface area contributed by atoms with Crippen LogP contribution in [0, 0.1) is 0 Å². The number of hydrogen-bond acceptors (Lipinski definition) is 5. The topological polar surface area (TPSA) is 64.6 Å². The van der Waals surface area contributed by atoms with E-state index in [-0.39, 0.29) is 30.7 Å². The number of ether oxygens (including phenoxy) is 2. The summed E-state index contributed by atoms with van der Waals surface area (Å²) in [4.78, 5) is 23.6. The first-order valence-corrected chi connectivity index (χ1v) is 11.1. The van der Waals surface area contributed by atoms with E-state index in [0.717, 1.165) is 5.56 Å². The first-order valence-electron chi connectivity index (χ1n) is 10.3. The monoisotopic (exact) mass is 471 g/mol. The summed E-state index contributed by atoms with van der Waals surface area (Å²) in [5, 5.41) is 0.758. The molecule has 0 spiro atoms. The lowest BCUT2D eigenvalue weighted by Gasteiger charge is -2.36. The smallest absolute Gasteiger partial charge is 0.316 e. The van der Waals surface area contributed by atoms with Crippen molar-refractivity contribution in [1.82, 2.24) is 14.9 Å². The average Bonchev–Trinajstić information content (AvgIpc) is 2.79. The van der Waals surface area contributed by atoms with E-state index in [4.69, 9.17) is 32.7 Å². The van der Waals surface area contributed by atoms with Gasteiger partial charge in [-0.3, -0.25) is 4.79 Å². The highest BCUT2D eigenvalue weighted by molar-refractivity contribution is 6.42. The standard InChI is InChI=1S/C24H23Cl2N3O3/c1-15(2)32-20-11-27-24(28-12-20)31-14-19-9-16-5-3-4-6-18(16)13-29(19)23(30)17-7-8-21(25)22(26)10-17/h3-8,10-12,15,19H,9,13-14H2,1-2H3. The zero-order valence-corrected chi connectivity index (χ0v) is 19.3. The van der Waals surface area contributed by atoms with Crippen LogP contribution in [-0.4, -0.2) is 39.5 Å². The highest BCUT2D eigenvalue weighted by Crippen LogP contribution is 2.28. The lowest BCUT2D eigenvalue weighted by molar-refractivity contribution is 0.0558. The Morgan fingerprint density at radius 2 is 1.81 bits per heavy atom. The molecule has 1 amide bonds. The maximum atomic E-state index is 13.4. The van der Waals surface area contributed by atoms with Crippen LogP contribution in [0.5, 0.6) is 11.8 Å². The van der Waals surface area contributed by atoms with Gasteiger partial charge >= 0.3 is 6.01 Å². The van der Waals surface area contributed by atoms with Gasteiger partial charge in [0.05, 0.1) is 34.6 Å². The van der Waals surface area contributed by atoms with Gasteiger partial charge in [0.15, 0.2) is 5.75 Å². The molecule has 2 heterocycles. The molecule has 8 heteroatoms. The van der Waals surface area contributed by atoms with Gasteiger partial charge in [0.1, 0.15) is 6.61 Å². The lowest BCUT2D eigenvalue weighted by Crippen LogP contribution is -2.47. The molecule has 1 atom stereocenters. The van der Waals surface area contributed by atoms with Crippen LogP contribution in [0.15, 0.2) is 54.9 Å². The number of halogens is 2. The number of fused-ring (bicyclic) bond motifs is 1. The number of aromatic nitrogens is 2. The Balaban J connectivity index is 1.53. The van der Waals surface area contributed by atoms with E-state index in [9.17, 15) is 4.79 Å². The van der Waals surface area contributed by atoms with Crippen molar-refractivity contribution >= 4 is 29.1 Å². The molecular formula is C24H23Cl2N3O3. The molecule has 0 aliphatic carbocycles. The van der Waals surface area contributed by atoms with Gasteiger partial charge < -0.3 is 14.4 Å². The van der Waals surface area contributed by atoms with Crippen LogP contribution in [-0.2, 0) is 13.0 Å². The van der Waals surface area contributed by atoms with Gasteiger partial charge in [-0.25, -0.2) is 0 Å². The third kappa shape index (κ3) is 5.14. The third-order valence-electron chi connectivity index (χ3n) is 5.16. The van der Waals surface area contributed by atoms with E-state index in [0.29, 0.717) is 34.3 Å². The lowest BCUT2D eigenvalue weighted by atomic mass is 9.93. The van der Waals surface area contributed by atoms with E-state index in [1.54, 1.807) is 35.5 Å². The molecule has 1 aromatic heterocycles. The molecule has 0 N–H and O–H groups in total. The van der Waals surface area contributed by atoms with Crippen LogP contribution < -0.4 is 9.47 Å². The third-order valence-corrected chi connectivity index (χ3v) is 5.90. The van der Waals surface area contributed by atoms with Crippen LogP contribution in [0.25, 0.3) is 0 Å². The van der Waals surface area contributed by atoms with Crippen molar-refractivity contribution in [3.63, 3.8) is 0 Å². The Kier molecular flexibility index (Phi) is 6.82. The highest BCUT2D eigenvalue weighted by atomic mass is 35.5. The minimum atomic E-state index is -0.193. The molecule has 0 saturated carbocycles. The quantitative estimate of drug-likeness (QED) is 0.493. The highest BCUT2D eigenvalue weighted by Gasteiger charge is 2.31. The van der Waals surface area contributed by atoms with Crippen molar-refractivity contribution in [2.45, 2.75) is 39.0 Å². The first-order chi connectivity index (χ1) is 15.4. The van der Waals surface area contributed by atoms with Gasteiger partial charge in [-0.05, 0) is 49.6 Å². The van der Waals surface area contributed by atoms with E-state index in [1.807, 2.05) is 32.0 Å². The van der Waals surface area contributed by atoms with E-state index in [1.165, 1.54) is 5.56 Å². The summed E-state index contributed by atoms with van der Waals surface area (Å²) in [6.45, 7) is 4.60. The fourth-order valence-corrected chi connectivity index (χ4v) is 3.95. The van der Waals surface area contributed by atoms with Gasteiger partial charge in [-0.15, -0.1) is 0 Å². The number of amides is 1. The fourth-order valence-electron chi connectivity index (χ4n) is 3.65. The molecule has 4 rings (SSSR count). The van der Waals surface area contributed by atoms with Crippen LogP contribution in [0.4, 0.5) is 0 Å². The molecule has 0 saturated heterocycles. The molecule has 166 valence electrons. The average molecular weight is 472 g/mol. The maximum absolute atomic E-state index is 13.4. The van der Waals surface area contributed by atoms with Crippen molar-refractivity contribution in [1.29, 1.82) is 0 Å². The number of benzene rings is 2. The van der Waals surface area contributed by atoms with Crippen LogP contribution in [0.3, 0.4) is 0 Å². The summed E-state index contributed by atoms with van der Waals surface area (Å²) in [7, 11) is 0. The van der Waals surface area contributed by atoms with Crippen LogP contribution in [0.2, 0.25) is 10.0 Å². The summed E-state index contributed by atoms with van der Waals surface area (Å²) in [5.41, 5.74) is 2.79. The Morgan fingerprint density at radius 3 is 2.50 bits per heavy atom. The Labute approximate surface area is 197 Å². The summed E-state index contributed by atoms with van der Waals surface area (Å²) in [6.07, 6.45) is 3.86. The zero-order chi connectivity index (χ0) is 22.7. The minimum Gasteiger partial charge on any atom is -0.488 e. The number of hydrogen-bond donors (Lipinski definition) is 0. The van der Waals surface area contributed by atoms with Crippen LogP contribution >= 0.6 is 23.2 Å². The second-order valence-electron chi connectivity index (χ2n) is 7.87. The van der Waals surface area contributed by atoms with Gasteiger partial charge in [0.25, 0.3) is 5.91 Å². The summed E-state index contributed by atoms with van der Waals surface area (Å²) in [5.74, 6) is 0.448. The Morgan fingerprint density at radius 1 is 1.09 bits per heavy atom. The summed E-state index contributed by atoms with van der Waals surface area (Å²) < 4.78 is 11.4. The van der Waals surface area contributed by atoms with Gasteiger partial charge in [-0.1, -0.05) is 47.5 Å². The second kappa shape index (κ2) is 9.76. The molecule has 0 bridgehead atoms. The van der Waals surface area contributed by atoms with E-state index in [2.05, 4.69) is 16.0 Å². The number of rotatable bonds is 6. The van der Waals surface area contributed by atoms with Crippen molar-refractivity contribution in [2.75, 3.05) is 6.61 Å². The fraction of sp³-hybridized carbons (Fsp3) is 0.292. The molecule has 0 fully saturated rings. The normalized spacial score (nSPS) is 15.4. The molecule has 3 aromatic rings. The van der Waals surface area contributed by atoms with Gasteiger partial charge in [0.2, 0.25) is 0 Å². The zero-order valence-electron chi connectivity index (χ0n) is 17.8. The maximum Gasteiger partial charge on any atom is 0.316 e. The molecule has 0 radical (unpaired) electrons. The molecule has 32 heavy (non-hydrogen) atoms. The van der Waals surface area contributed by atoms with E-state index < -0.39 is 0 Å². The van der Waals surface area contributed by atoms with Crippen LogP contribution in [0.1, 0.15) is 35.3 Å².